The molecule has 0 saturated carbocycles. The molecular formula is C14H13F5N4O. The molecule has 0 aromatic carbocycles. The maximum absolute atomic E-state index is 12.6. The molecule has 0 spiro atoms. The molecule has 0 bridgehead atoms. The van der Waals surface area contributed by atoms with Gasteiger partial charge >= 0.3 is 6.18 Å². The van der Waals surface area contributed by atoms with E-state index < -0.39 is 30.6 Å². The number of amides is 1. The Morgan fingerprint density at radius 1 is 1.33 bits per heavy atom. The zero-order chi connectivity index (χ0) is 17.7. The lowest BCUT2D eigenvalue weighted by molar-refractivity contribution is -0.137. The van der Waals surface area contributed by atoms with Gasteiger partial charge in [-0.3, -0.25) is 14.5 Å². The Hall–Kier alpha value is -2.52. The van der Waals surface area contributed by atoms with Crippen LogP contribution in [-0.4, -0.2) is 33.6 Å². The van der Waals surface area contributed by atoms with E-state index in [0.717, 1.165) is 29.2 Å². The van der Waals surface area contributed by atoms with Crippen LogP contribution >= 0.6 is 0 Å². The number of aromatic nitrogens is 3. The number of carbonyl (C=O) groups is 1. The summed E-state index contributed by atoms with van der Waals surface area (Å²) in [5, 5.41) is 6.09. The van der Waals surface area contributed by atoms with Crippen molar-refractivity contribution in [1.29, 1.82) is 0 Å². The topological polar surface area (TPSA) is 59.8 Å². The molecule has 0 atom stereocenters. The SMILES string of the molecule is O=C(NCCc1cc(C(F)(F)F)ccn1)c1cnn(CC(F)F)c1. The fourth-order valence-electron chi connectivity index (χ4n) is 1.92. The third-order valence-corrected chi connectivity index (χ3v) is 3.03. The van der Waals surface area contributed by atoms with Crippen LogP contribution in [-0.2, 0) is 19.1 Å². The Morgan fingerprint density at radius 2 is 2.08 bits per heavy atom. The second-order valence-corrected chi connectivity index (χ2v) is 4.88. The quantitative estimate of drug-likeness (QED) is 0.816. The molecule has 0 aliphatic rings. The Morgan fingerprint density at radius 3 is 2.75 bits per heavy atom. The second-order valence-electron chi connectivity index (χ2n) is 4.88. The van der Waals surface area contributed by atoms with Crippen molar-refractivity contribution < 1.29 is 26.7 Å². The Balaban J connectivity index is 1.88. The number of hydrogen-bond donors (Lipinski definition) is 1. The lowest BCUT2D eigenvalue weighted by Crippen LogP contribution is -2.25. The van der Waals surface area contributed by atoms with Gasteiger partial charge in [0.2, 0.25) is 0 Å². The van der Waals surface area contributed by atoms with E-state index >= 15 is 0 Å². The van der Waals surface area contributed by atoms with Crippen LogP contribution in [0, 0.1) is 0 Å². The monoisotopic (exact) mass is 348 g/mol. The van der Waals surface area contributed by atoms with E-state index in [9.17, 15) is 26.7 Å². The van der Waals surface area contributed by atoms with E-state index in [1.54, 1.807) is 0 Å². The first-order valence-electron chi connectivity index (χ1n) is 6.86. The molecule has 0 unspecified atom stereocenters. The van der Waals surface area contributed by atoms with Crippen molar-refractivity contribution in [3.05, 3.63) is 47.5 Å². The average molecular weight is 348 g/mol. The van der Waals surface area contributed by atoms with Crippen LogP contribution in [0.3, 0.4) is 0 Å². The normalized spacial score (nSPS) is 11.8. The van der Waals surface area contributed by atoms with E-state index in [1.165, 1.54) is 6.20 Å². The summed E-state index contributed by atoms with van der Waals surface area (Å²) < 4.78 is 63.0. The molecule has 2 aromatic rings. The van der Waals surface area contributed by atoms with Gasteiger partial charge in [-0.2, -0.15) is 18.3 Å². The van der Waals surface area contributed by atoms with Crippen LogP contribution in [0.1, 0.15) is 21.6 Å². The molecule has 1 N–H and O–H groups in total. The zero-order valence-electron chi connectivity index (χ0n) is 12.2. The van der Waals surface area contributed by atoms with Gasteiger partial charge in [-0.05, 0) is 12.1 Å². The molecule has 0 saturated heterocycles. The summed E-state index contributed by atoms with van der Waals surface area (Å²) in [7, 11) is 0. The highest BCUT2D eigenvalue weighted by atomic mass is 19.4. The highest BCUT2D eigenvalue weighted by Gasteiger charge is 2.30. The fourth-order valence-corrected chi connectivity index (χ4v) is 1.92. The van der Waals surface area contributed by atoms with Crippen molar-refractivity contribution in [3.8, 4) is 0 Å². The molecule has 5 nitrogen and oxygen atoms in total. The minimum atomic E-state index is -4.46. The molecule has 2 aromatic heterocycles. The van der Waals surface area contributed by atoms with Crippen molar-refractivity contribution in [2.24, 2.45) is 0 Å². The number of hydrogen-bond acceptors (Lipinski definition) is 3. The molecule has 1 amide bonds. The molecule has 2 heterocycles. The molecule has 130 valence electrons. The summed E-state index contributed by atoms with van der Waals surface area (Å²) in [6.45, 7) is -0.575. The maximum Gasteiger partial charge on any atom is 0.416 e. The van der Waals surface area contributed by atoms with Gasteiger partial charge in [0.15, 0.2) is 0 Å². The fraction of sp³-hybridized carbons (Fsp3) is 0.357. The van der Waals surface area contributed by atoms with Gasteiger partial charge in [0.05, 0.1) is 17.3 Å². The Labute approximate surface area is 133 Å². The van der Waals surface area contributed by atoms with Crippen LogP contribution < -0.4 is 5.32 Å². The van der Waals surface area contributed by atoms with Crippen molar-refractivity contribution in [3.63, 3.8) is 0 Å². The number of carbonyl (C=O) groups excluding carboxylic acids is 1. The van der Waals surface area contributed by atoms with Gasteiger partial charge in [-0.25, -0.2) is 8.78 Å². The summed E-state index contributed by atoms with van der Waals surface area (Å²) in [4.78, 5) is 15.6. The summed E-state index contributed by atoms with van der Waals surface area (Å²) in [5.74, 6) is -0.553. The molecule has 0 aliphatic carbocycles. The largest absolute Gasteiger partial charge is 0.416 e. The summed E-state index contributed by atoms with van der Waals surface area (Å²) in [6.07, 6.45) is -3.59. The van der Waals surface area contributed by atoms with E-state index in [1.807, 2.05) is 0 Å². The van der Waals surface area contributed by atoms with Crippen LogP contribution in [0.25, 0.3) is 0 Å². The first-order chi connectivity index (χ1) is 11.3. The summed E-state index contributed by atoms with van der Waals surface area (Å²) in [6, 6.07) is 1.77. The Kier molecular flexibility index (Phi) is 5.47. The first-order valence-corrected chi connectivity index (χ1v) is 6.86. The van der Waals surface area contributed by atoms with Crippen LogP contribution in [0.5, 0.6) is 0 Å². The number of nitrogens with one attached hydrogen (secondary N) is 1. The zero-order valence-corrected chi connectivity index (χ0v) is 12.2. The third-order valence-electron chi connectivity index (χ3n) is 3.03. The van der Waals surface area contributed by atoms with Crippen molar-refractivity contribution >= 4 is 5.91 Å². The molecule has 10 heteroatoms. The maximum atomic E-state index is 12.6. The number of alkyl halides is 5. The molecular weight excluding hydrogens is 335 g/mol. The van der Waals surface area contributed by atoms with Crippen LogP contribution in [0.4, 0.5) is 22.0 Å². The highest BCUT2D eigenvalue weighted by Crippen LogP contribution is 2.28. The lowest BCUT2D eigenvalue weighted by atomic mass is 10.2. The van der Waals surface area contributed by atoms with Gasteiger partial charge < -0.3 is 5.32 Å². The highest BCUT2D eigenvalue weighted by molar-refractivity contribution is 5.93. The minimum absolute atomic E-state index is 0.0488. The summed E-state index contributed by atoms with van der Waals surface area (Å²) in [5.41, 5.74) is -0.543. The van der Waals surface area contributed by atoms with Gasteiger partial charge in [-0.1, -0.05) is 0 Å². The smallest absolute Gasteiger partial charge is 0.352 e. The Bertz CT molecular complexity index is 698. The van der Waals surface area contributed by atoms with Gasteiger partial charge in [0, 0.05) is 31.1 Å². The van der Waals surface area contributed by atoms with Gasteiger partial charge in [0.25, 0.3) is 12.3 Å². The molecule has 0 aliphatic heterocycles. The standard InChI is InChI=1S/C14H13F5N4O/c15-12(16)8-23-7-9(6-22-23)13(24)21-4-2-11-5-10(1-3-20-11)14(17,18)19/h1,3,5-7,12H,2,4,8H2,(H,21,24). The number of halogens is 5. The van der Waals surface area contributed by atoms with Crippen LogP contribution in [0.15, 0.2) is 30.7 Å². The molecule has 0 fully saturated rings. The molecule has 0 radical (unpaired) electrons. The van der Waals surface area contributed by atoms with Gasteiger partial charge in [-0.15, -0.1) is 0 Å². The third kappa shape index (κ3) is 5.00. The molecule has 24 heavy (non-hydrogen) atoms. The number of nitrogens with zero attached hydrogens (tertiary/aromatic N) is 3. The van der Waals surface area contributed by atoms with Crippen molar-refractivity contribution in [1.82, 2.24) is 20.1 Å². The van der Waals surface area contributed by atoms with Crippen LogP contribution in [0.2, 0.25) is 0 Å². The second kappa shape index (κ2) is 7.37. The molecule has 2 rings (SSSR count). The lowest BCUT2D eigenvalue weighted by Gasteiger charge is -2.08. The number of rotatable bonds is 6. The van der Waals surface area contributed by atoms with E-state index in [4.69, 9.17) is 0 Å². The summed E-state index contributed by atoms with van der Waals surface area (Å²) >= 11 is 0. The predicted octanol–water partition coefficient (Wildman–Crippen LogP) is 2.53. The minimum Gasteiger partial charge on any atom is -0.352 e. The van der Waals surface area contributed by atoms with Gasteiger partial charge in [0.1, 0.15) is 6.54 Å². The van der Waals surface area contributed by atoms with E-state index in [2.05, 4.69) is 15.4 Å². The van der Waals surface area contributed by atoms with E-state index in [0.29, 0.717) is 0 Å². The van der Waals surface area contributed by atoms with E-state index in [-0.39, 0.29) is 24.2 Å². The first kappa shape index (κ1) is 17.8. The predicted molar refractivity (Wildman–Crippen MR) is 73.5 cm³/mol. The van der Waals surface area contributed by atoms with Crippen molar-refractivity contribution in [2.45, 2.75) is 25.6 Å². The average Bonchev–Trinajstić information content (AvgIpc) is 2.94. The number of pyridine rings is 1. The van der Waals surface area contributed by atoms with Crippen molar-refractivity contribution in [2.75, 3.05) is 6.54 Å².